The lowest BCUT2D eigenvalue weighted by Gasteiger charge is -2.06. The first-order valence-corrected chi connectivity index (χ1v) is 5.16. The van der Waals surface area contributed by atoms with Gasteiger partial charge in [0.05, 0.1) is 5.69 Å². The Bertz CT molecular complexity index is 604. The molecule has 7 nitrogen and oxygen atoms in total. The minimum absolute atomic E-state index is 0.0683. The Balaban J connectivity index is 2.58. The van der Waals surface area contributed by atoms with Crippen LogP contribution in [-0.4, -0.2) is 31.0 Å². The number of hydrogen-bond donors (Lipinski definition) is 2. The number of nitrogens with two attached hydrogens (primary N) is 1. The third kappa shape index (κ3) is 2.10. The second-order valence-electron chi connectivity index (χ2n) is 3.69. The summed E-state index contributed by atoms with van der Waals surface area (Å²) in [6, 6.07) is 1.64. The van der Waals surface area contributed by atoms with Crippen LogP contribution in [0.1, 0.15) is 21.9 Å². The van der Waals surface area contributed by atoms with Crippen LogP contribution in [0.3, 0.4) is 0 Å². The molecule has 92 valence electrons. The molecule has 0 spiro atoms. The molecule has 0 saturated carbocycles. The SMILES string of the molecule is Cc1nccc(-c2nc(C)c(C(=O)O)c(N)n2)n1. The number of rotatable bonds is 2. The lowest BCUT2D eigenvalue weighted by atomic mass is 10.2. The summed E-state index contributed by atoms with van der Waals surface area (Å²) in [6.45, 7) is 3.31. The second-order valence-corrected chi connectivity index (χ2v) is 3.69. The predicted molar refractivity (Wildman–Crippen MR) is 63.9 cm³/mol. The fraction of sp³-hybridized carbons (Fsp3) is 0.182. The number of aryl methyl sites for hydroxylation is 2. The molecule has 0 aliphatic heterocycles. The Kier molecular flexibility index (Phi) is 2.88. The quantitative estimate of drug-likeness (QED) is 0.805. The number of carbonyl (C=O) groups is 1. The van der Waals surface area contributed by atoms with Crippen molar-refractivity contribution in [2.75, 3.05) is 5.73 Å². The average molecular weight is 245 g/mol. The smallest absolute Gasteiger partial charge is 0.341 e. The first-order valence-electron chi connectivity index (χ1n) is 5.16. The maximum Gasteiger partial charge on any atom is 0.341 e. The number of nitrogen functional groups attached to an aromatic ring is 1. The zero-order valence-corrected chi connectivity index (χ0v) is 9.88. The van der Waals surface area contributed by atoms with E-state index in [1.807, 2.05) is 0 Å². The molecule has 18 heavy (non-hydrogen) atoms. The molecule has 0 radical (unpaired) electrons. The van der Waals surface area contributed by atoms with Crippen molar-refractivity contribution in [3.05, 3.63) is 29.3 Å². The normalized spacial score (nSPS) is 10.3. The Labute approximate surface area is 103 Å². The molecule has 0 saturated heterocycles. The summed E-state index contributed by atoms with van der Waals surface area (Å²) in [5.41, 5.74) is 6.36. The molecular weight excluding hydrogens is 234 g/mol. The summed E-state index contributed by atoms with van der Waals surface area (Å²) < 4.78 is 0. The Hall–Kier alpha value is -2.57. The molecule has 0 aliphatic rings. The number of carboxylic acids is 1. The van der Waals surface area contributed by atoms with E-state index in [1.54, 1.807) is 26.1 Å². The van der Waals surface area contributed by atoms with Crippen LogP contribution in [0.15, 0.2) is 12.3 Å². The zero-order valence-electron chi connectivity index (χ0n) is 9.88. The Morgan fingerprint density at radius 2 is 2.00 bits per heavy atom. The van der Waals surface area contributed by atoms with Gasteiger partial charge in [-0.1, -0.05) is 0 Å². The lowest BCUT2D eigenvalue weighted by Crippen LogP contribution is -2.10. The molecule has 0 atom stereocenters. The molecule has 0 bridgehead atoms. The van der Waals surface area contributed by atoms with Crippen molar-refractivity contribution in [2.24, 2.45) is 0 Å². The summed E-state index contributed by atoms with van der Waals surface area (Å²) >= 11 is 0. The average Bonchev–Trinajstić information content (AvgIpc) is 2.27. The molecule has 2 heterocycles. The number of hydrogen-bond acceptors (Lipinski definition) is 6. The molecule has 0 fully saturated rings. The van der Waals surface area contributed by atoms with E-state index in [9.17, 15) is 4.79 Å². The first kappa shape index (κ1) is 11.9. The van der Waals surface area contributed by atoms with Crippen LogP contribution in [-0.2, 0) is 0 Å². The van der Waals surface area contributed by atoms with E-state index in [0.29, 0.717) is 23.0 Å². The molecule has 2 aromatic heterocycles. The van der Waals surface area contributed by atoms with Crippen molar-refractivity contribution in [3.8, 4) is 11.5 Å². The maximum absolute atomic E-state index is 11.0. The van der Waals surface area contributed by atoms with Crippen LogP contribution in [0, 0.1) is 13.8 Å². The van der Waals surface area contributed by atoms with Crippen molar-refractivity contribution >= 4 is 11.8 Å². The van der Waals surface area contributed by atoms with Gasteiger partial charge in [-0.2, -0.15) is 0 Å². The van der Waals surface area contributed by atoms with Crippen molar-refractivity contribution in [1.29, 1.82) is 0 Å². The van der Waals surface area contributed by atoms with Gasteiger partial charge in [0, 0.05) is 6.20 Å². The van der Waals surface area contributed by atoms with E-state index in [0.717, 1.165) is 0 Å². The third-order valence-electron chi connectivity index (χ3n) is 2.34. The monoisotopic (exact) mass is 245 g/mol. The number of aromatic carboxylic acids is 1. The zero-order chi connectivity index (χ0) is 13.3. The van der Waals surface area contributed by atoms with E-state index in [2.05, 4.69) is 19.9 Å². The fourth-order valence-electron chi connectivity index (χ4n) is 1.55. The Morgan fingerprint density at radius 3 is 2.56 bits per heavy atom. The minimum Gasteiger partial charge on any atom is -0.477 e. The van der Waals surface area contributed by atoms with Crippen molar-refractivity contribution in [2.45, 2.75) is 13.8 Å². The van der Waals surface area contributed by atoms with Crippen molar-refractivity contribution < 1.29 is 9.90 Å². The van der Waals surface area contributed by atoms with Gasteiger partial charge in [0.1, 0.15) is 22.9 Å². The highest BCUT2D eigenvalue weighted by Crippen LogP contribution is 2.18. The van der Waals surface area contributed by atoms with Crippen LogP contribution in [0.25, 0.3) is 11.5 Å². The largest absolute Gasteiger partial charge is 0.477 e. The van der Waals surface area contributed by atoms with Crippen LogP contribution >= 0.6 is 0 Å². The molecule has 0 aromatic carbocycles. The molecule has 0 unspecified atom stereocenters. The first-order chi connectivity index (χ1) is 8.49. The standard InChI is InChI=1S/C11H11N5O2/c1-5-8(11(17)18)9(12)16-10(14-5)7-3-4-13-6(2)15-7/h3-4H,1-2H3,(H,17,18)(H2,12,14,16). The molecule has 0 amide bonds. The number of carboxylic acid groups (broad SMARTS) is 1. The van der Waals surface area contributed by atoms with Gasteiger partial charge in [-0.25, -0.2) is 24.7 Å². The predicted octanol–water partition coefficient (Wildman–Crippen LogP) is 0.831. The summed E-state index contributed by atoms with van der Waals surface area (Å²) in [7, 11) is 0. The molecule has 2 rings (SSSR count). The maximum atomic E-state index is 11.0. The van der Waals surface area contributed by atoms with Crippen LogP contribution in [0.4, 0.5) is 5.82 Å². The van der Waals surface area contributed by atoms with Gasteiger partial charge in [-0.05, 0) is 19.9 Å². The second kappa shape index (κ2) is 4.36. The van der Waals surface area contributed by atoms with E-state index >= 15 is 0 Å². The summed E-state index contributed by atoms with van der Waals surface area (Å²) in [5, 5.41) is 8.97. The van der Waals surface area contributed by atoms with Crippen LogP contribution < -0.4 is 5.73 Å². The van der Waals surface area contributed by atoms with Gasteiger partial charge in [0.15, 0.2) is 5.82 Å². The summed E-state index contributed by atoms with van der Waals surface area (Å²) in [6.07, 6.45) is 1.58. The van der Waals surface area contributed by atoms with Gasteiger partial charge in [-0.15, -0.1) is 0 Å². The number of nitrogens with zero attached hydrogens (tertiary/aromatic N) is 4. The highest BCUT2D eigenvalue weighted by molar-refractivity contribution is 5.94. The Morgan fingerprint density at radius 1 is 1.28 bits per heavy atom. The molecule has 2 aromatic rings. The van der Waals surface area contributed by atoms with E-state index in [-0.39, 0.29) is 11.4 Å². The van der Waals surface area contributed by atoms with Crippen molar-refractivity contribution in [3.63, 3.8) is 0 Å². The van der Waals surface area contributed by atoms with Gasteiger partial charge in [-0.3, -0.25) is 0 Å². The van der Waals surface area contributed by atoms with E-state index < -0.39 is 5.97 Å². The number of anilines is 1. The molecule has 3 N–H and O–H groups in total. The molecule has 0 aliphatic carbocycles. The minimum atomic E-state index is -1.14. The number of aromatic nitrogens is 4. The third-order valence-corrected chi connectivity index (χ3v) is 2.34. The summed E-state index contributed by atoms with van der Waals surface area (Å²) in [5.74, 6) is -0.341. The lowest BCUT2D eigenvalue weighted by molar-refractivity contribution is 0.0696. The van der Waals surface area contributed by atoms with Gasteiger partial charge >= 0.3 is 5.97 Å². The molecule has 7 heteroatoms. The topological polar surface area (TPSA) is 115 Å². The summed E-state index contributed by atoms with van der Waals surface area (Å²) in [4.78, 5) is 27.2. The van der Waals surface area contributed by atoms with Crippen molar-refractivity contribution in [1.82, 2.24) is 19.9 Å². The fourth-order valence-corrected chi connectivity index (χ4v) is 1.55. The van der Waals surface area contributed by atoms with Crippen LogP contribution in [0.5, 0.6) is 0 Å². The molecular formula is C11H11N5O2. The highest BCUT2D eigenvalue weighted by Gasteiger charge is 2.16. The van der Waals surface area contributed by atoms with E-state index in [1.165, 1.54) is 0 Å². The van der Waals surface area contributed by atoms with Gasteiger partial charge in [0.25, 0.3) is 0 Å². The highest BCUT2D eigenvalue weighted by atomic mass is 16.4. The van der Waals surface area contributed by atoms with Gasteiger partial charge in [0.2, 0.25) is 0 Å². The van der Waals surface area contributed by atoms with E-state index in [4.69, 9.17) is 10.8 Å². The van der Waals surface area contributed by atoms with Crippen LogP contribution in [0.2, 0.25) is 0 Å². The van der Waals surface area contributed by atoms with Gasteiger partial charge < -0.3 is 10.8 Å².